The molecule has 0 saturated carbocycles. The highest BCUT2D eigenvalue weighted by atomic mass is 79.9. The predicted molar refractivity (Wildman–Crippen MR) is 104 cm³/mol. The fourth-order valence-corrected chi connectivity index (χ4v) is 3.57. The number of carbonyl (C=O) groups excluding carboxylic acids is 2. The first-order valence-corrected chi connectivity index (χ1v) is 9.10. The summed E-state index contributed by atoms with van der Waals surface area (Å²) < 4.78 is 1.02. The van der Waals surface area contributed by atoms with Gasteiger partial charge in [-0.1, -0.05) is 34.1 Å². The summed E-state index contributed by atoms with van der Waals surface area (Å²) in [5.41, 5.74) is 4.85. The van der Waals surface area contributed by atoms with Crippen LogP contribution >= 0.6 is 15.9 Å². The van der Waals surface area contributed by atoms with Gasteiger partial charge >= 0.3 is 0 Å². The molecule has 0 aliphatic carbocycles. The molecule has 2 aromatic rings. The lowest BCUT2D eigenvalue weighted by Gasteiger charge is -2.19. The van der Waals surface area contributed by atoms with Crippen molar-refractivity contribution >= 4 is 39.1 Å². The van der Waals surface area contributed by atoms with Crippen LogP contribution in [0.4, 0.5) is 11.4 Å². The molecule has 4 nitrogen and oxygen atoms in total. The summed E-state index contributed by atoms with van der Waals surface area (Å²) in [6.07, 6.45) is 0.245. The monoisotopic (exact) mass is 400 g/mol. The van der Waals surface area contributed by atoms with Gasteiger partial charge in [0.25, 0.3) is 0 Å². The second kappa shape index (κ2) is 7.00. The highest BCUT2D eigenvalue weighted by Gasteiger charge is 2.35. The van der Waals surface area contributed by atoms with E-state index in [-0.39, 0.29) is 24.2 Å². The van der Waals surface area contributed by atoms with Gasteiger partial charge in [-0.15, -0.1) is 0 Å². The number of hydrogen-bond donors (Lipinski definition) is 1. The molecule has 1 aliphatic rings. The van der Waals surface area contributed by atoms with Crippen LogP contribution in [-0.4, -0.2) is 18.4 Å². The minimum Gasteiger partial charge on any atom is -0.326 e. The van der Waals surface area contributed by atoms with Crippen molar-refractivity contribution in [2.75, 3.05) is 16.8 Å². The molecule has 0 aromatic heterocycles. The third kappa shape index (κ3) is 3.47. The SMILES string of the molecule is Cc1ccccc1N1C[C@H](C(=O)Nc2ccc(Br)c(C)c2C)CC1=O. The first kappa shape index (κ1) is 17.7. The van der Waals surface area contributed by atoms with Crippen molar-refractivity contribution < 1.29 is 9.59 Å². The summed E-state index contributed by atoms with van der Waals surface area (Å²) in [5.74, 6) is -0.442. The molecule has 1 atom stereocenters. The normalized spacial score (nSPS) is 17.0. The molecule has 1 N–H and O–H groups in total. The molecule has 0 unspecified atom stereocenters. The minimum atomic E-state index is -0.338. The van der Waals surface area contributed by atoms with Crippen LogP contribution in [0.5, 0.6) is 0 Å². The van der Waals surface area contributed by atoms with Crippen LogP contribution in [-0.2, 0) is 9.59 Å². The topological polar surface area (TPSA) is 49.4 Å². The van der Waals surface area contributed by atoms with Gasteiger partial charge in [-0.2, -0.15) is 0 Å². The van der Waals surface area contributed by atoms with Crippen molar-refractivity contribution in [3.63, 3.8) is 0 Å². The summed E-state index contributed by atoms with van der Waals surface area (Å²) in [6, 6.07) is 11.6. The van der Waals surface area contributed by atoms with E-state index < -0.39 is 0 Å². The minimum absolute atomic E-state index is 0.00170. The second-order valence-corrected chi connectivity index (χ2v) is 7.38. The van der Waals surface area contributed by atoms with Crippen LogP contribution in [0.25, 0.3) is 0 Å². The number of amides is 2. The summed E-state index contributed by atoms with van der Waals surface area (Å²) >= 11 is 3.50. The first-order chi connectivity index (χ1) is 11.9. The Morgan fingerprint density at radius 2 is 1.84 bits per heavy atom. The summed E-state index contributed by atoms with van der Waals surface area (Å²) in [6.45, 7) is 6.39. The summed E-state index contributed by atoms with van der Waals surface area (Å²) in [4.78, 5) is 26.8. The third-order valence-electron chi connectivity index (χ3n) is 4.88. The molecule has 130 valence electrons. The van der Waals surface area contributed by atoms with E-state index in [4.69, 9.17) is 0 Å². The molecule has 1 fully saturated rings. The summed E-state index contributed by atoms with van der Waals surface area (Å²) in [5, 5.41) is 2.99. The number of anilines is 2. The zero-order valence-corrected chi connectivity index (χ0v) is 16.2. The molecular formula is C20H21BrN2O2. The van der Waals surface area contributed by atoms with Gasteiger partial charge in [-0.25, -0.2) is 0 Å². The average Bonchev–Trinajstić information content (AvgIpc) is 2.97. The van der Waals surface area contributed by atoms with Crippen LogP contribution < -0.4 is 10.2 Å². The maximum atomic E-state index is 12.7. The van der Waals surface area contributed by atoms with E-state index in [1.165, 1.54) is 0 Å². The predicted octanol–water partition coefficient (Wildman–Crippen LogP) is 4.37. The second-order valence-electron chi connectivity index (χ2n) is 6.53. The van der Waals surface area contributed by atoms with E-state index in [2.05, 4.69) is 21.2 Å². The smallest absolute Gasteiger partial charge is 0.229 e. The Kier molecular flexibility index (Phi) is 4.95. The quantitative estimate of drug-likeness (QED) is 0.831. The Balaban J connectivity index is 1.76. The number of nitrogens with one attached hydrogen (secondary N) is 1. The number of carbonyl (C=O) groups is 2. The van der Waals surface area contributed by atoms with E-state index in [1.807, 2.05) is 57.2 Å². The van der Waals surface area contributed by atoms with Gasteiger partial charge in [0, 0.05) is 28.8 Å². The Labute approximate surface area is 156 Å². The number of halogens is 1. The van der Waals surface area contributed by atoms with Gasteiger partial charge in [0.05, 0.1) is 5.92 Å². The average molecular weight is 401 g/mol. The Morgan fingerprint density at radius 1 is 1.12 bits per heavy atom. The van der Waals surface area contributed by atoms with Crippen molar-refractivity contribution in [1.29, 1.82) is 0 Å². The number of para-hydroxylation sites is 1. The number of rotatable bonds is 3. The van der Waals surface area contributed by atoms with Gasteiger partial charge in [0.2, 0.25) is 11.8 Å². The van der Waals surface area contributed by atoms with Gasteiger partial charge in [-0.3, -0.25) is 9.59 Å². The zero-order valence-electron chi connectivity index (χ0n) is 14.6. The van der Waals surface area contributed by atoms with Crippen LogP contribution in [0.1, 0.15) is 23.1 Å². The molecule has 1 heterocycles. The Morgan fingerprint density at radius 3 is 2.56 bits per heavy atom. The van der Waals surface area contributed by atoms with E-state index in [0.29, 0.717) is 6.54 Å². The molecule has 2 amide bonds. The molecule has 5 heteroatoms. The van der Waals surface area contributed by atoms with Crippen LogP contribution in [0, 0.1) is 26.7 Å². The Bertz CT molecular complexity index is 848. The molecular weight excluding hydrogens is 380 g/mol. The van der Waals surface area contributed by atoms with Gasteiger partial charge in [0.15, 0.2) is 0 Å². The van der Waals surface area contributed by atoms with Gasteiger partial charge in [0.1, 0.15) is 0 Å². The molecule has 2 aromatic carbocycles. The Hall–Kier alpha value is -2.14. The zero-order chi connectivity index (χ0) is 18.1. The number of hydrogen-bond acceptors (Lipinski definition) is 2. The fraction of sp³-hybridized carbons (Fsp3) is 0.300. The van der Waals surface area contributed by atoms with E-state index in [0.717, 1.165) is 32.5 Å². The largest absolute Gasteiger partial charge is 0.326 e. The molecule has 1 saturated heterocycles. The highest BCUT2D eigenvalue weighted by molar-refractivity contribution is 9.10. The van der Waals surface area contributed by atoms with Crippen molar-refractivity contribution in [2.45, 2.75) is 27.2 Å². The van der Waals surface area contributed by atoms with E-state index in [1.54, 1.807) is 4.90 Å². The lowest BCUT2D eigenvalue weighted by molar-refractivity contribution is -0.122. The van der Waals surface area contributed by atoms with Gasteiger partial charge < -0.3 is 10.2 Å². The maximum Gasteiger partial charge on any atom is 0.229 e. The van der Waals surface area contributed by atoms with Crippen molar-refractivity contribution in [3.8, 4) is 0 Å². The summed E-state index contributed by atoms with van der Waals surface area (Å²) in [7, 11) is 0. The van der Waals surface area contributed by atoms with Crippen LogP contribution in [0.3, 0.4) is 0 Å². The van der Waals surface area contributed by atoms with E-state index >= 15 is 0 Å². The molecule has 3 rings (SSSR count). The number of nitrogens with zero attached hydrogens (tertiary/aromatic N) is 1. The van der Waals surface area contributed by atoms with Crippen LogP contribution in [0.2, 0.25) is 0 Å². The third-order valence-corrected chi connectivity index (χ3v) is 5.74. The van der Waals surface area contributed by atoms with Crippen molar-refractivity contribution in [3.05, 3.63) is 57.6 Å². The molecule has 0 spiro atoms. The maximum absolute atomic E-state index is 12.7. The molecule has 0 radical (unpaired) electrons. The molecule has 0 bridgehead atoms. The van der Waals surface area contributed by atoms with E-state index in [9.17, 15) is 9.59 Å². The van der Waals surface area contributed by atoms with Crippen molar-refractivity contribution in [2.24, 2.45) is 5.92 Å². The lowest BCUT2D eigenvalue weighted by Crippen LogP contribution is -2.28. The number of benzene rings is 2. The fourth-order valence-electron chi connectivity index (χ4n) is 3.14. The van der Waals surface area contributed by atoms with Crippen LogP contribution in [0.15, 0.2) is 40.9 Å². The standard InChI is InChI=1S/C20H21BrN2O2/c1-12-6-4-5-7-18(12)23-11-15(10-19(23)24)20(25)22-17-9-8-16(21)13(2)14(17)3/h4-9,15H,10-11H2,1-3H3,(H,22,25)/t15-/m1/s1. The molecule has 1 aliphatic heterocycles. The number of aryl methyl sites for hydroxylation is 1. The first-order valence-electron chi connectivity index (χ1n) is 8.31. The van der Waals surface area contributed by atoms with Crippen molar-refractivity contribution in [1.82, 2.24) is 0 Å². The van der Waals surface area contributed by atoms with Gasteiger partial charge in [-0.05, 0) is 55.7 Å². The lowest BCUT2D eigenvalue weighted by atomic mass is 10.1. The molecule has 25 heavy (non-hydrogen) atoms. The highest BCUT2D eigenvalue weighted by Crippen LogP contribution is 2.30.